The van der Waals surface area contributed by atoms with Gasteiger partial charge in [0.1, 0.15) is 17.2 Å². The summed E-state index contributed by atoms with van der Waals surface area (Å²) >= 11 is 0. The number of esters is 1. The summed E-state index contributed by atoms with van der Waals surface area (Å²) in [7, 11) is 0. The predicted octanol–water partition coefficient (Wildman–Crippen LogP) is 10.4. The van der Waals surface area contributed by atoms with Crippen LogP contribution in [0.25, 0.3) is 6.08 Å². The zero-order chi connectivity index (χ0) is 31.1. The SMILES string of the molecule is C=CC(=O)Oc1cc(CCc2ccc(N(c3cccc(C)c3)c3ccc(C)c(C)c3)cc2)cc(Oc2ccc(C=C)cc2)c1. The van der Waals surface area contributed by atoms with Crippen LogP contribution in [0.1, 0.15) is 33.4 Å². The number of anilines is 3. The molecule has 0 N–H and O–H groups in total. The zero-order valence-corrected chi connectivity index (χ0v) is 25.5. The molecule has 0 atom stereocenters. The van der Waals surface area contributed by atoms with Crippen molar-refractivity contribution >= 4 is 29.1 Å². The lowest BCUT2D eigenvalue weighted by molar-refractivity contribution is -0.128. The highest BCUT2D eigenvalue weighted by molar-refractivity contribution is 5.83. The summed E-state index contributed by atoms with van der Waals surface area (Å²) in [4.78, 5) is 14.3. The molecule has 220 valence electrons. The highest BCUT2D eigenvalue weighted by Crippen LogP contribution is 2.36. The van der Waals surface area contributed by atoms with Crippen molar-refractivity contribution < 1.29 is 14.3 Å². The molecule has 5 rings (SSSR count). The topological polar surface area (TPSA) is 38.8 Å². The maximum absolute atomic E-state index is 12.0. The van der Waals surface area contributed by atoms with Crippen LogP contribution in [0.4, 0.5) is 17.1 Å². The van der Waals surface area contributed by atoms with E-state index in [-0.39, 0.29) is 0 Å². The molecule has 0 aromatic heterocycles. The summed E-state index contributed by atoms with van der Waals surface area (Å²) in [6.45, 7) is 13.7. The van der Waals surface area contributed by atoms with E-state index < -0.39 is 5.97 Å². The Morgan fingerprint density at radius 3 is 2.02 bits per heavy atom. The van der Waals surface area contributed by atoms with Crippen LogP contribution >= 0.6 is 0 Å². The van der Waals surface area contributed by atoms with Crippen LogP contribution in [0.5, 0.6) is 17.2 Å². The molecule has 0 fully saturated rings. The smallest absolute Gasteiger partial charge is 0.335 e. The number of carbonyl (C=O) groups is 1. The van der Waals surface area contributed by atoms with E-state index in [1.54, 1.807) is 12.1 Å². The van der Waals surface area contributed by atoms with Gasteiger partial charge in [-0.3, -0.25) is 0 Å². The molecule has 4 nitrogen and oxygen atoms in total. The fraction of sp³-hybridized carbons (Fsp3) is 0.125. The number of hydrogen-bond donors (Lipinski definition) is 0. The van der Waals surface area contributed by atoms with Crippen molar-refractivity contribution in [3.05, 3.63) is 162 Å². The number of aryl methyl sites for hydroxylation is 5. The van der Waals surface area contributed by atoms with Gasteiger partial charge in [0.05, 0.1) is 0 Å². The Labute approximate surface area is 260 Å². The molecule has 0 spiro atoms. The molecule has 0 unspecified atom stereocenters. The zero-order valence-electron chi connectivity index (χ0n) is 25.5. The largest absolute Gasteiger partial charge is 0.457 e. The number of ether oxygens (including phenoxy) is 2. The Bertz CT molecular complexity index is 1790. The lowest BCUT2D eigenvalue weighted by Crippen LogP contribution is -2.10. The second-order valence-electron chi connectivity index (χ2n) is 10.9. The minimum absolute atomic E-state index is 0.419. The van der Waals surface area contributed by atoms with Gasteiger partial charge in [0, 0.05) is 29.2 Å². The minimum atomic E-state index is -0.513. The third-order valence-electron chi connectivity index (χ3n) is 7.58. The van der Waals surface area contributed by atoms with Gasteiger partial charge in [-0.1, -0.05) is 61.7 Å². The fourth-order valence-electron chi connectivity index (χ4n) is 5.04. The molecule has 0 saturated carbocycles. The number of hydrogen-bond acceptors (Lipinski definition) is 4. The van der Waals surface area contributed by atoms with Crippen LogP contribution in [0.3, 0.4) is 0 Å². The van der Waals surface area contributed by atoms with Gasteiger partial charge in [0.25, 0.3) is 0 Å². The van der Waals surface area contributed by atoms with Crippen LogP contribution < -0.4 is 14.4 Å². The van der Waals surface area contributed by atoms with Crippen LogP contribution in [0.2, 0.25) is 0 Å². The lowest BCUT2D eigenvalue weighted by Gasteiger charge is -2.26. The van der Waals surface area contributed by atoms with E-state index in [0.29, 0.717) is 17.2 Å². The molecule has 0 radical (unpaired) electrons. The summed E-state index contributed by atoms with van der Waals surface area (Å²) in [6.07, 6.45) is 4.48. The van der Waals surface area contributed by atoms with Crippen molar-refractivity contribution in [1.82, 2.24) is 0 Å². The highest BCUT2D eigenvalue weighted by Gasteiger charge is 2.14. The molecular formula is C40H37NO3. The molecule has 44 heavy (non-hydrogen) atoms. The maximum Gasteiger partial charge on any atom is 0.335 e. The first kappa shape index (κ1) is 30.1. The van der Waals surface area contributed by atoms with Gasteiger partial charge in [-0.25, -0.2) is 4.79 Å². The van der Waals surface area contributed by atoms with Crippen molar-refractivity contribution in [2.24, 2.45) is 0 Å². The Kier molecular flexibility index (Phi) is 9.41. The molecule has 5 aromatic carbocycles. The van der Waals surface area contributed by atoms with Crippen LogP contribution in [-0.4, -0.2) is 5.97 Å². The Morgan fingerprint density at radius 2 is 1.34 bits per heavy atom. The Balaban J connectivity index is 1.37. The molecule has 0 aliphatic rings. The van der Waals surface area contributed by atoms with Gasteiger partial charge in [0.15, 0.2) is 0 Å². The molecule has 0 bridgehead atoms. The Morgan fingerprint density at radius 1 is 0.659 bits per heavy atom. The summed E-state index contributed by atoms with van der Waals surface area (Å²) in [6, 6.07) is 37.1. The number of carbonyl (C=O) groups excluding carboxylic acids is 1. The van der Waals surface area contributed by atoms with E-state index in [9.17, 15) is 4.79 Å². The van der Waals surface area contributed by atoms with Gasteiger partial charge in [-0.2, -0.15) is 0 Å². The third kappa shape index (κ3) is 7.53. The van der Waals surface area contributed by atoms with Crippen molar-refractivity contribution in [2.75, 3.05) is 4.90 Å². The lowest BCUT2D eigenvalue weighted by atomic mass is 10.0. The van der Waals surface area contributed by atoms with Gasteiger partial charge in [-0.05, 0) is 128 Å². The van der Waals surface area contributed by atoms with E-state index >= 15 is 0 Å². The van der Waals surface area contributed by atoms with Gasteiger partial charge in [0.2, 0.25) is 0 Å². The molecule has 0 saturated heterocycles. The first-order chi connectivity index (χ1) is 21.3. The minimum Gasteiger partial charge on any atom is -0.457 e. The summed E-state index contributed by atoms with van der Waals surface area (Å²) < 4.78 is 11.6. The third-order valence-corrected chi connectivity index (χ3v) is 7.58. The monoisotopic (exact) mass is 579 g/mol. The molecule has 0 aliphatic carbocycles. The number of rotatable bonds is 11. The molecule has 0 heterocycles. The summed E-state index contributed by atoms with van der Waals surface area (Å²) in [5.41, 5.74) is 10.3. The highest BCUT2D eigenvalue weighted by atomic mass is 16.5. The van der Waals surface area contributed by atoms with Crippen LogP contribution in [0.15, 0.2) is 128 Å². The number of nitrogens with zero attached hydrogens (tertiary/aromatic N) is 1. The summed E-state index contributed by atoms with van der Waals surface area (Å²) in [5.74, 6) is 1.19. The average molecular weight is 580 g/mol. The van der Waals surface area contributed by atoms with Gasteiger partial charge >= 0.3 is 5.97 Å². The quantitative estimate of drug-likeness (QED) is 0.0886. The Hall–Kier alpha value is -5.35. The van der Waals surface area contributed by atoms with Gasteiger partial charge in [-0.15, -0.1) is 0 Å². The van der Waals surface area contributed by atoms with E-state index in [4.69, 9.17) is 9.47 Å². The van der Waals surface area contributed by atoms with E-state index in [2.05, 4.69) is 106 Å². The second-order valence-corrected chi connectivity index (χ2v) is 10.9. The van der Waals surface area contributed by atoms with E-state index in [0.717, 1.165) is 47.1 Å². The standard InChI is InChI=1S/C40H37NO3/c1-6-31-16-21-37(22-17-31)43-38-25-33(26-39(27-38)44-40(42)7-2)13-12-32-14-19-34(20-15-32)41(35-10-8-9-28(3)23-35)36-18-11-29(4)30(5)24-36/h6-11,14-27H,1-2,12-13H2,3-5H3. The van der Waals surface area contributed by atoms with Crippen molar-refractivity contribution in [3.8, 4) is 17.2 Å². The van der Waals surface area contributed by atoms with Crippen molar-refractivity contribution in [2.45, 2.75) is 33.6 Å². The maximum atomic E-state index is 12.0. The van der Waals surface area contributed by atoms with E-state index in [1.165, 1.54) is 22.3 Å². The van der Waals surface area contributed by atoms with Crippen molar-refractivity contribution in [3.63, 3.8) is 0 Å². The predicted molar refractivity (Wildman–Crippen MR) is 182 cm³/mol. The first-order valence-corrected chi connectivity index (χ1v) is 14.7. The van der Waals surface area contributed by atoms with Crippen LogP contribution in [-0.2, 0) is 17.6 Å². The van der Waals surface area contributed by atoms with E-state index in [1.807, 2.05) is 36.4 Å². The summed E-state index contributed by atoms with van der Waals surface area (Å²) in [5, 5.41) is 0. The first-order valence-electron chi connectivity index (χ1n) is 14.7. The normalized spacial score (nSPS) is 10.6. The fourth-order valence-corrected chi connectivity index (χ4v) is 5.04. The van der Waals surface area contributed by atoms with Crippen molar-refractivity contribution in [1.29, 1.82) is 0 Å². The molecule has 0 aliphatic heterocycles. The molecular weight excluding hydrogens is 542 g/mol. The average Bonchev–Trinajstić information content (AvgIpc) is 3.03. The second kappa shape index (κ2) is 13.7. The molecule has 0 amide bonds. The molecule has 5 aromatic rings. The molecule has 4 heteroatoms. The number of benzene rings is 5. The van der Waals surface area contributed by atoms with Gasteiger partial charge < -0.3 is 14.4 Å². The van der Waals surface area contributed by atoms with Crippen LogP contribution in [0, 0.1) is 20.8 Å².